The summed E-state index contributed by atoms with van der Waals surface area (Å²) in [6, 6.07) is 7.77. The summed E-state index contributed by atoms with van der Waals surface area (Å²) in [4.78, 5) is 12.4. The molecule has 1 heterocycles. The number of benzene rings is 1. The van der Waals surface area contributed by atoms with E-state index in [4.69, 9.17) is 5.26 Å². The summed E-state index contributed by atoms with van der Waals surface area (Å²) < 4.78 is 0. The van der Waals surface area contributed by atoms with Gasteiger partial charge in [-0.2, -0.15) is 5.26 Å². The molecule has 0 radical (unpaired) electrons. The molecule has 1 saturated carbocycles. The van der Waals surface area contributed by atoms with Crippen LogP contribution in [0.2, 0.25) is 0 Å². The maximum Gasteiger partial charge on any atom is 0.232 e. The molecule has 0 aromatic heterocycles. The van der Waals surface area contributed by atoms with Gasteiger partial charge >= 0.3 is 0 Å². The molecule has 1 fully saturated rings. The Morgan fingerprint density at radius 2 is 2.33 bits per heavy atom. The molecular weight excluding hydrogens is 226 g/mol. The number of carbonyl (C=O) groups is 1. The van der Waals surface area contributed by atoms with Crippen LogP contribution in [0.5, 0.6) is 0 Å². The Morgan fingerprint density at radius 3 is 3.11 bits per heavy atom. The van der Waals surface area contributed by atoms with E-state index in [0.717, 1.165) is 24.9 Å². The third-order valence-corrected chi connectivity index (χ3v) is 4.23. The molecule has 1 aliphatic carbocycles. The van der Waals surface area contributed by atoms with Crippen LogP contribution in [0.1, 0.15) is 31.7 Å². The molecule has 1 aromatic carbocycles. The fourth-order valence-corrected chi connectivity index (χ4v) is 3.01. The lowest BCUT2D eigenvalue weighted by Gasteiger charge is -2.27. The normalized spacial score (nSPS) is 29.3. The fraction of sp³-hybridized carbons (Fsp3) is 0.429. The third kappa shape index (κ3) is 1.40. The highest BCUT2D eigenvalue weighted by atomic mass is 16.2. The zero-order valence-corrected chi connectivity index (χ0v) is 10.3. The molecule has 2 N–H and O–H groups in total. The molecule has 2 aliphatic rings. The summed E-state index contributed by atoms with van der Waals surface area (Å²) in [5, 5.41) is 15.5. The summed E-state index contributed by atoms with van der Waals surface area (Å²) in [5.74, 6) is 0.0268. The van der Waals surface area contributed by atoms with Crippen LogP contribution in [0.4, 0.5) is 11.4 Å². The Bertz CT molecular complexity index is 561. The highest BCUT2D eigenvalue weighted by Crippen LogP contribution is 2.44. The maximum absolute atomic E-state index is 12.4. The average molecular weight is 241 g/mol. The second-order valence-electron chi connectivity index (χ2n) is 5.30. The van der Waals surface area contributed by atoms with Gasteiger partial charge in [0, 0.05) is 6.04 Å². The number of carbonyl (C=O) groups excluding carboxylic acids is 1. The summed E-state index contributed by atoms with van der Waals surface area (Å²) in [6.07, 6.45) is 2.96. The van der Waals surface area contributed by atoms with Gasteiger partial charge in [-0.15, -0.1) is 0 Å². The zero-order valence-electron chi connectivity index (χ0n) is 10.3. The Balaban J connectivity index is 2.11. The summed E-state index contributed by atoms with van der Waals surface area (Å²) in [6.45, 7) is 2.00. The number of nitrogens with one attached hydrogen (secondary N) is 2. The summed E-state index contributed by atoms with van der Waals surface area (Å²) in [5.41, 5.74) is 1.63. The molecular formula is C14H15N3O. The molecule has 1 amide bonds. The molecule has 3 rings (SSSR count). The number of hydrogen-bond acceptors (Lipinski definition) is 3. The number of nitriles is 1. The Labute approximate surface area is 106 Å². The van der Waals surface area contributed by atoms with Crippen molar-refractivity contribution >= 4 is 17.3 Å². The lowest BCUT2D eigenvalue weighted by molar-refractivity contribution is -0.124. The van der Waals surface area contributed by atoms with E-state index in [9.17, 15) is 4.79 Å². The van der Waals surface area contributed by atoms with Gasteiger partial charge in [0.25, 0.3) is 0 Å². The van der Waals surface area contributed by atoms with Gasteiger partial charge in [0.1, 0.15) is 6.07 Å². The van der Waals surface area contributed by atoms with E-state index in [-0.39, 0.29) is 17.4 Å². The van der Waals surface area contributed by atoms with Gasteiger partial charge in [-0.25, -0.2) is 0 Å². The lowest BCUT2D eigenvalue weighted by atomic mass is 9.84. The largest absolute Gasteiger partial charge is 0.380 e. The number of anilines is 2. The van der Waals surface area contributed by atoms with E-state index < -0.39 is 0 Å². The van der Waals surface area contributed by atoms with E-state index in [1.54, 1.807) is 6.07 Å². The molecule has 4 heteroatoms. The van der Waals surface area contributed by atoms with Crippen molar-refractivity contribution in [3.63, 3.8) is 0 Å². The minimum Gasteiger partial charge on any atom is -0.380 e. The van der Waals surface area contributed by atoms with Gasteiger partial charge in [-0.3, -0.25) is 4.79 Å². The van der Waals surface area contributed by atoms with Crippen LogP contribution < -0.4 is 10.6 Å². The van der Waals surface area contributed by atoms with E-state index in [1.165, 1.54) is 0 Å². The van der Waals surface area contributed by atoms with E-state index in [1.807, 2.05) is 19.1 Å². The van der Waals surface area contributed by atoms with Crippen LogP contribution in [-0.2, 0) is 4.79 Å². The minimum atomic E-state index is -0.369. The highest BCUT2D eigenvalue weighted by molar-refractivity contribution is 6.01. The number of nitrogens with zero attached hydrogens (tertiary/aromatic N) is 1. The maximum atomic E-state index is 12.4. The van der Waals surface area contributed by atoms with Crippen molar-refractivity contribution < 1.29 is 4.79 Å². The zero-order chi connectivity index (χ0) is 12.8. The summed E-state index contributed by atoms with van der Waals surface area (Å²) >= 11 is 0. The van der Waals surface area contributed by atoms with Gasteiger partial charge in [0.2, 0.25) is 5.91 Å². The monoisotopic (exact) mass is 241 g/mol. The predicted octanol–water partition coefficient (Wildman–Crippen LogP) is 2.48. The van der Waals surface area contributed by atoms with E-state index in [0.29, 0.717) is 11.3 Å². The molecule has 92 valence electrons. The molecule has 0 bridgehead atoms. The first-order valence-corrected chi connectivity index (χ1v) is 6.26. The fourth-order valence-electron chi connectivity index (χ4n) is 3.01. The number of amides is 1. The van der Waals surface area contributed by atoms with Crippen molar-refractivity contribution in [2.24, 2.45) is 5.41 Å². The standard InChI is InChI=1S/C14H15N3O/c1-14-7-3-6-11(14)16-10-5-2-4-9(8-15)12(10)17-13(14)18/h2,4-5,11,16H,3,6-7H2,1H3,(H,17,18). The molecule has 1 aromatic rings. The first-order chi connectivity index (χ1) is 8.65. The second-order valence-corrected chi connectivity index (χ2v) is 5.30. The first-order valence-electron chi connectivity index (χ1n) is 6.26. The topological polar surface area (TPSA) is 64.9 Å². The molecule has 0 saturated heterocycles. The Kier molecular flexibility index (Phi) is 2.30. The van der Waals surface area contributed by atoms with Gasteiger partial charge in [0.15, 0.2) is 0 Å². The van der Waals surface area contributed by atoms with Crippen LogP contribution >= 0.6 is 0 Å². The van der Waals surface area contributed by atoms with Crippen molar-refractivity contribution in [1.82, 2.24) is 0 Å². The van der Waals surface area contributed by atoms with Crippen molar-refractivity contribution in [2.75, 3.05) is 10.6 Å². The smallest absolute Gasteiger partial charge is 0.232 e. The Hall–Kier alpha value is -2.02. The van der Waals surface area contributed by atoms with Crippen LogP contribution in [0.15, 0.2) is 18.2 Å². The van der Waals surface area contributed by atoms with E-state index >= 15 is 0 Å². The number of hydrogen-bond donors (Lipinski definition) is 2. The van der Waals surface area contributed by atoms with Crippen LogP contribution in [-0.4, -0.2) is 11.9 Å². The third-order valence-electron chi connectivity index (χ3n) is 4.23. The molecule has 2 atom stereocenters. The van der Waals surface area contributed by atoms with Gasteiger partial charge in [-0.05, 0) is 31.9 Å². The summed E-state index contributed by atoms with van der Waals surface area (Å²) in [7, 11) is 0. The average Bonchev–Trinajstić information content (AvgIpc) is 2.69. The van der Waals surface area contributed by atoms with Crippen molar-refractivity contribution in [2.45, 2.75) is 32.2 Å². The lowest BCUT2D eigenvalue weighted by Crippen LogP contribution is -2.41. The Morgan fingerprint density at radius 1 is 1.50 bits per heavy atom. The minimum absolute atomic E-state index is 0.0268. The first kappa shape index (κ1) is 11.1. The van der Waals surface area contributed by atoms with Crippen LogP contribution in [0, 0.1) is 16.7 Å². The predicted molar refractivity (Wildman–Crippen MR) is 69.2 cm³/mol. The van der Waals surface area contributed by atoms with Gasteiger partial charge < -0.3 is 10.6 Å². The van der Waals surface area contributed by atoms with Gasteiger partial charge in [-0.1, -0.05) is 12.5 Å². The van der Waals surface area contributed by atoms with Crippen LogP contribution in [0.3, 0.4) is 0 Å². The molecule has 18 heavy (non-hydrogen) atoms. The number of fused-ring (bicyclic) bond motifs is 2. The van der Waals surface area contributed by atoms with E-state index in [2.05, 4.69) is 16.7 Å². The van der Waals surface area contributed by atoms with Crippen LogP contribution in [0.25, 0.3) is 0 Å². The molecule has 0 spiro atoms. The number of rotatable bonds is 0. The van der Waals surface area contributed by atoms with Crippen molar-refractivity contribution in [3.05, 3.63) is 23.8 Å². The second kappa shape index (κ2) is 3.74. The number of para-hydroxylation sites is 1. The van der Waals surface area contributed by atoms with Crippen molar-refractivity contribution in [3.8, 4) is 6.07 Å². The molecule has 2 unspecified atom stereocenters. The van der Waals surface area contributed by atoms with Crippen molar-refractivity contribution in [1.29, 1.82) is 5.26 Å². The molecule has 4 nitrogen and oxygen atoms in total. The highest BCUT2D eigenvalue weighted by Gasteiger charge is 2.47. The SMILES string of the molecule is CC12CCCC1Nc1cccc(C#N)c1NC2=O. The quantitative estimate of drug-likeness (QED) is 0.733. The van der Waals surface area contributed by atoms with Gasteiger partial charge in [0.05, 0.1) is 22.4 Å². The molecule has 1 aliphatic heterocycles.